The van der Waals surface area contributed by atoms with Gasteiger partial charge in [0.15, 0.2) is 0 Å². The first kappa shape index (κ1) is 13.6. The Labute approximate surface area is 119 Å². The molecule has 1 aromatic rings. The lowest BCUT2D eigenvalue weighted by atomic mass is 9.89. The number of rotatable bonds is 3. The lowest BCUT2D eigenvalue weighted by Crippen LogP contribution is -2.24. The molecule has 1 saturated carbocycles. The highest BCUT2D eigenvalue weighted by Gasteiger charge is 2.22. The monoisotopic (exact) mass is 277 g/mol. The Kier molecular flexibility index (Phi) is 4.35. The van der Waals surface area contributed by atoms with Crippen molar-refractivity contribution in [3.63, 3.8) is 0 Å². The van der Waals surface area contributed by atoms with E-state index in [4.69, 9.17) is 4.74 Å². The predicted molar refractivity (Wildman–Crippen MR) is 76.5 cm³/mol. The quantitative estimate of drug-likeness (QED) is 0.924. The minimum Gasteiger partial charge on any atom is -0.381 e. The highest BCUT2D eigenvalue weighted by Crippen LogP contribution is 2.26. The molecule has 5 heteroatoms. The average Bonchev–Trinajstić information content (AvgIpc) is 2.97. The van der Waals surface area contributed by atoms with Gasteiger partial charge in [-0.05, 0) is 25.7 Å². The van der Waals surface area contributed by atoms with Gasteiger partial charge in [0.2, 0.25) is 5.91 Å². The van der Waals surface area contributed by atoms with Gasteiger partial charge in [0.25, 0.3) is 0 Å². The van der Waals surface area contributed by atoms with Crippen molar-refractivity contribution in [2.45, 2.75) is 51.0 Å². The summed E-state index contributed by atoms with van der Waals surface area (Å²) >= 11 is 0. The summed E-state index contributed by atoms with van der Waals surface area (Å²) < 4.78 is 7.33. The first-order valence-electron chi connectivity index (χ1n) is 7.76. The molecule has 0 radical (unpaired) electrons. The van der Waals surface area contributed by atoms with Crippen LogP contribution < -0.4 is 5.32 Å². The van der Waals surface area contributed by atoms with Crippen LogP contribution in [0.1, 0.15) is 51.0 Å². The van der Waals surface area contributed by atoms with Crippen LogP contribution in [0, 0.1) is 5.92 Å². The highest BCUT2D eigenvalue weighted by molar-refractivity contribution is 5.92. The van der Waals surface area contributed by atoms with Gasteiger partial charge in [0, 0.05) is 25.3 Å². The van der Waals surface area contributed by atoms with Crippen LogP contribution in [0.5, 0.6) is 0 Å². The van der Waals surface area contributed by atoms with Crippen molar-refractivity contribution in [3.8, 4) is 0 Å². The smallest absolute Gasteiger partial charge is 0.227 e. The molecule has 2 aliphatic rings. The summed E-state index contributed by atoms with van der Waals surface area (Å²) in [6.07, 6.45) is 11.4. The van der Waals surface area contributed by atoms with Gasteiger partial charge in [-0.3, -0.25) is 9.48 Å². The number of nitrogens with one attached hydrogen (secondary N) is 1. The van der Waals surface area contributed by atoms with Gasteiger partial charge in [-0.25, -0.2) is 0 Å². The van der Waals surface area contributed by atoms with E-state index in [0.29, 0.717) is 6.04 Å². The standard InChI is InChI=1S/C15H23N3O2/c19-15(12-4-2-1-3-5-12)17-13-10-16-18(11-13)14-6-8-20-9-7-14/h10-12,14H,1-9H2,(H,17,19). The minimum atomic E-state index is 0.163. The minimum absolute atomic E-state index is 0.163. The fourth-order valence-electron chi connectivity index (χ4n) is 3.16. The van der Waals surface area contributed by atoms with E-state index < -0.39 is 0 Å². The first-order valence-corrected chi connectivity index (χ1v) is 7.76. The summed E-state index contributed by atoms with van der Waals surface area (Å²) in [7, 11) is 0. The van der Waals surface area contributed by atoms with E-state index in [0.717, 1.165) is 44.6 Å². The second-order valence-corrected chi connectivity index (χ2v) is 5.88. The maximum atomic E-state index is 12.2. The summed E-state index contributed by atoms with van der Waals surface area (Å²) in [5.41, 5.74) is 0.826. The molecule has 2 heterocycles. The zero-order valence-electron chi connectivity index (χ0n) is 11.9. The van der Waals surface area contributed by atoms with Crippen molar-refractivity contribution in [2.24, 2.45) is 5.92 Å². The molecule has 1 saturated heterocycles. The molecular weight excluding hydrogens is 254 g/mol. The highest BCUT2D eigenvalue weighted by atomic mass is 16.5. The molecule has 0 atom stereocenters. The molecule has 5 nitrogen and oxygen atoms in total. The van der Waals surface area contributed by atoms with Crippen LogP contribution in [0.2, 0.25) is 0 Å². The molecule has 20 heavy (non-hydrogen) atoms. The van der Waals surface area contributed by atoms with Gasteiger partial charge in [-0.15, -0.1) is 0 Å². The third-order valence-electron chi connectivity index (χ3n) is 4.41. The lowest BCUT2D eigenvalue weighted by Gasteiger charge is -2.22. The van der Waals surface area contributed by atoms with Crippen molar-refractivity contribution in [1.82, 2.24) is 9.78 Å². The first-order chi connectivity index (χ1) is 9.83. The van der Waals surface area contributed by atoms with Crippen molar-refractivity contribution in [3.05, 3.63) is 12.4 Å². The largest absolute Gasteiger partial charge is 0.381 e. The van der Waals surface area contributed by atoms with E-state index in [-0.39, 0.29) is 11.8 Å². The third kappa shape index (κ3) is 3.20. The Morgan fingerprint density at radius 2 is 1.95 bits per heavy atom. The lowest BCUT2D eigenvalue weighted by molar-refractivity contribution is -0.120. The second-order valence-electron chi connectivity index (χ2n) is 5.88. The summed E-state index contributed by atoms with van der Waals surface area (Å²) in [4.78, 5) is 12.2. The zero-order chi connectivity index (χ0) is 13.8. The van der Waals surface area contributed by atoms with Crippen molar-refractivity contribution in [2.75, 3.05) is 18.5 Å². The molecular formula is C15H23N3O2. The average molecular weight is 277 g/mol. The van der Waals surface area contributed by atoms with Gasteiger partial charge >= 0.3 is 0 Å². The zero-order valence-corrected chi connectivity index (χ0v) is 11.9. The topological polar surface area (TPSA) is 56.2 Å². The third-order valence-corrected chi connectivity index (χ3v) is 4.41. The number of ether oxygens (including phenoxy) is 1. The molecule has 1 aromatic heterocycles. The number of hydrogen-bond donors (Lipinski definition) is 1. The second kappa shape index (κ2) is 6.39. The fraction of sp³-hybridized carbons (Fsp3) is 0.733. The number of amides is 1. The Morgan fingerprint density at radius 3 is 2.70 bits per heavy atom. The summed E-state index contributed by atoms with van der Waals surface area (Å²) in [6.45, 7) is 1.60. The maximum absolute atomic E-state index is 12.2. The van der Waals surface area contributed by atoms with Gasteiger partial charge in [0.1, 0.15) is 0 Å². The molecule has 110 valence electrons. The van der Waals surface area contributed by atoms with Crippen molar-refractivity contribution < 1.29 is 9.53 Å². The molecule has 1 amide bonds. The molecule has 0 aromatic carbocycles. The number of carbonyl (C=O) groups excluding carboxylic acids is 1. The van der Waals surface area contributed by atoms with Gasteiger partial charge in [-0.2, -0.15) is 5.10 Å². The van der Waals surface area contributed by atoms with E-state index in [9.17, 15) is 4.79 Å². The molecule has 0 bridgehead atoms. The Bertz CT molecular complexity index is 446. The van der Waals surface area contributed by atoms with E-state index in [1.165, 1.54) is 19.3 Å². The number of aromatic nitrogens is 2. The van der Waals surface area contributed by atoms with E-state index in [2.05, 4.69) is 10.4 Å². The molecule has 0 unspecified atom stereocenters. The van der Waals surface area contributed by atoms with Crippen LogP contribution in [0.3, 0.4) is 0 Å². The molecule has 1 aliphatic carbocycles. The number of nitrogens with zero attached hydrogens (tertiary/aromatic N) is 2. The van der Waals surface area contributed by atoms with Gasteiger partial charge < -0.3 is 10.1 Å². The SMILES string of the molecule is O=C(Nc1cnn(C2CCOCC2)c1)C1CCCCC1. The van der Waals surface area contributed by atoms with Crippen LogP contribution in [0.4, 0.5) is 5.69 Å². The van der Waals surface area contributed by atoms with Crippen LogP contribution in [-0.4, -0.2) is 28.9 Å². The maximum Gasteiger partial charge on any atom is 0.227 e. The number of hydrogen-bond acceptors (Lipinski definition) is 3. The number of anilines is 1. The summed E-state index contributed by atoms with van der Waals surface area (Å²) in [5, 5.41) is 7.40. The molecule has 0 spiro atoms. The van der Waals surface area contributed by atoms with E-state index in [1.807, 2.05) is 10.9 Å². The number of carbonyl (C=O) groups is 1. The molecule has 3 rings (SSSR count). The van der Waals surface area contributed by atoms with Crippen molar-refractivity contribution >= 4 is 11.6 Å². The van der Waals surface area contributed by atoms with Crippen LogP contribution in [-0.2, 0) is 9.53 Å². The summed E-state index contributed by atoms with van der Waals surface area (Å²) in [6, 6.07) is 0.407. The van der Waals surface area contributed by atoms with Crippen molar-refractivity contribution in [1.29, 1.82) is 0 Å². The molecule has 1 aliphatic heterocycles. The van der Waals surface area contributed by atoms with Crippen LogP contribution in [0.15, 0.2) is 12.4 Å². The Hall–Kier alpha value is -1.36. The summed E-state index contributed by atoms with van der Waals surface area (Å²) in [5.74, 6) is 0.353. The Balaban J connectivity index is 1.57. The Morgan fingerprint density at radius 1 is 1.20 bits per heavy atom. The van der Waals surface area contributed by atoms with Gasteiger partial charge in [0.05, 0.1) is 17.9 Å². The van der Waals surface area contributed by atoms with Crippen LogP contribution >= 0.6 is 0 Å². The normalized spacial score (nSPS) is 21.8. The fourth-order valence-corrected chi connectivity index (χ4v) is 3.16. The molecule has 1 N–H and O–H groups in total. The van der Waals surface area contributed by atoms with E-state index in [1.54, 1.807) is 6.20 Å². The molecule has 2 fully saturated rings. The predicted octanol–water partition coefficient (Wildman–Crippen LogP) is 2.75. The van der Waals surface area contributed by atoms with Crippen LogP contribution in [0.25, 0.3) is 0 Å². The van der Waals surface area contributed by atoms with Gasteiger partial charge in [-0.1, -0.05) is 19.3 Å². The van der Waals surface area contributed by atoms with E-state index >= 15 is 0 Å².